The predicted molar refractivity (Wildman–Crippen MR) is 60.8 cm³/mol. The second kappa shape index (κ2) is 7.38. The zero-order valence-electron chi connectivity index (χ0n) is 9.39. The van der Waals surface area contributed by atoms with Crippen molar-refractivity contribution >= 4 is 5.91 Å². The molecule has 1 aliphatic carbocycles. The van der Waals surface area contributed by atoms with Crippen LogP contribution in [0, 0.1) is 5.92 Å². The van der Waals surface area contributed by atoms with Gasteiger partial charge >= 0.3 is 0 Å². The van der Waals surface area contributed by atoms with Gasteiger partial charge in [-0.2, -0.15) is 0 Å². The molecule has 1 rings (SSSR count). The minimum atomic E-state index is -0.0756. The van der Waals surface area contributed by atoms with E-state index >= 15 is 0 Å². The van der Waals surface area contributed by atoms with Crippen LogP contribution in [0.2, 0.25) is 0 Å². The summed E-state index contributed by atoms with van der Waals surface area (Å²) in [5.74, 6) is -0.0419. The van der Waals surface area contributed by atoms with Crippen LogP contribution < -0.4 is 11.1 Å². The molecular weight excluding hydrogens is 208 g/mol. The Morgan fingerprint density at radius 1 is 1.50 bits per heavy atom. The van der Waals surface area contributed by atoms with Gasteiger partial charge in [-0.05, 0) is 12.8 Å². The predicted octanol–water partition coefficient (Wildman–Crippen LogP) is -0.595. The Bertz CT molecular complexity index is 243. The topological polar surface area (TPSA) is 84.6 Å². The SMILES string of the molecule is NC1C=CC(C(=O)NCCCOCCO)C1. The van der Waals surface area contributed by atoms with Crippen molar-refractivity contribution in [1.29, 1.82) is 0 Å². The number of rotatable bonds is 7. The summed E-state index contributed by atoms with van der Waals surface area (Å²) >= 11 is 0. The van der Waals surface area contributed by atoms with E-state index in [-0.39, 0.29) is 24.5 Å². The van der Waals surface area contributed by atoms with E-state index in [2.05, 4.69) is 5.32 Å². The quantitative estimate of drug-likeness (QED) is 0.401. The summed E-state index contributed by atoms with van der Waals surface area (Å²) in [6.45, 7) is 1.55. The fourth-order valence-corrected chi connectivity index (χ4v) is 1.61. The molecule has 4 N–H and O–H groups in total. The fraction of sp³-hybridized carbons (Fsp3) is 0.727. The first-order valence-corrected chi connectivity index (χ1v) is 5.64. The summed E-state index contributed by atoms with van der Waals surface area (Å²) in [5, 5.41) is 11.3. The summed E-state index contributed by atoms with van der Waals surface area (Å²) in [6.07, 6.45) is 5.19. The minimum Gasteiger partial charge on any atom is -0.394 e. The molecule has 0 saturated carbocycles. The third kappa shape index (κ3) is 4.74. The van der Waals surface area contributed by atoms with Crippen LogP contribution in [0.15, 0.2) is 12.2 Å². The van der Waals surface area contributed by atoms with Gasteiger partial charge in [0.2, 0.25) is 5.91 Å². The zero-order chi connectivity index (χ0) is 11.8. The molecule has 0 aliphatic heterocycles. The van der Waals surface area contributed by atoms with Crippen LogP contribution in [0.3, 0.4) is 0 Å². The number of amides is 1. The average molecular weight is 228 g/mol. The lowest BCUT2D eigenvalue weighted by Gasteiger charge is -2.10. The van der Waals surface area contributed by atoms with Gasteiger partial charge < -0.3 is 20.9 Å². The van der Waals surface area contributed by atoms with Gasteiger partial charge in [0.15, 0.2) is 0 Å². The summed E-state index contributed by atoms with van der Waals surface area (Å²) in [4.78, 5) is 11.6. The Balaban J connectivity index is 2.01. The lowest BCUT2D eigenvalue weighted by molar-refractivity contribution is -0.123. The Kier molecular flexibility index (Phi) is 6.07. The highest BCUT2D eigenvalue weighted by atomic mass is 16.5. The number of carbonyl (C=O) groups is 1. The Hall–Kier alpha value is -0.910. The number of ether oxygens (including phenoxy) is 1. The number of aliphatic hydroxyl groups excluding tert-OH is 1. The van der Waals surface area contributed by atoms with E-state index in [0.29, 0.717) is 26.2 Å². The zero-order valence-corrected chi connectivity index (χ0v) is 9.39. The highest BCUT2D eigenvalue weighted by Crippen LogP contribution is 2.15. The van der Waals surface area contributed by atoms with E-state index < -0.39 is 0 Å². The molecule has 2 unspecified atom stereocenters. The van der Waals surface area contributed by atoms with Crippen LogP contribution in [0.5, 0.6) is 0 Å². The molecule has 1 aliphatic rings. The van der Waals surface area contributed by atoms with Gasteiger partial charge in [-0.3, -0.25) is 4.79 Å². The van der Waals surface area contributed by atoms with E-state index in [1.807, 2.05) is 12.2 Å². The molecule has 5 heteroatoms. The summed E-state index contributed by atoms with van der Waals surface area (Å²) < 4.78 is 5.07. The molecule has 0 bridgehead atoms. The first-order chi connectivity index (χ1) is 7.74. The maximum Gasteiger partial charge on any atom is 0.226 e. The Labute approximate surface area is 95.7 Å². The Morgan fingerprint density at radius 2 is 2.31 bits per heavy atom. The molecule has 0 fully saturated rings. The van der Waals surface area contributed by atoms with Gasteiger partial charge in [0.1, 0.15) is 0 Å². The number of nitrogens with one attached hydrogen (secondary N) is 1. The minimum absolute atomic E-state index is 0.0173. The van der Waals surface area contributed by atoms with Crippen LogP contribution >= 0.6 is 0 Å². The summed E-state index contributed by atoms with van der Waals surface area (Å²) in [5.41, 5.74) is 5.66. The van der Waals surface area contributed by atoms with Crippen molar-refractivity contribution in [3.05, 3.63) is 12.2 Å². The Morgan fingerprint density at radius 3 is 2.94 bits per heavy atom. The van der Waals surface area contributed by atoms with Crippen LogP contribution in [0.4, 0.5) is 0 Å². The molecule has 0 spiro atoms. The van der Waals surface area contributed by atoms with Crippen LogP contribution in [-0.2, 0) is 9.53 Å². The number of nitrogens with two attached hydrogens (primary N) is 1. The van der Waals surface area contributed by atoms with Crippen LogP contribution in [0.1, 0.15) is 12.8 Å². The van der Waals surface area contributed by atoms with Gasteiger partial charge in [0.05, 0.1) is 19.1 Å². The van der Waals surface area contributed by atoms with Gasteiger partial charge in [-0.1, -0.05) is 12.2 Å². The molecular formula is C11H20N2O3. The van der Waals surface area contributed by atoms with Crippen molar-refractivity contribution in [2.45, 2.75) is 18.9 Å². The third-order valence-corrected chi connectivity index (χ3v) is 2.45. The molecule has 0 heterocycles. The molecule has 0 aromatic rings. The maximum atomic E-state index is 11.6. The van der Waals surface area contributed by atoms with Crippen LogP contribution in [0.25, 0.3) is 0 Å². The fourth-order valence-electron chi connectivity index (χ4n) is 1.61. The largest absolute Gasteiger partial charge is 0.394 e. The lowest BCUT2D eigenvalue weighted by Crippen LogP contribution is -2.31. The van der Waals surface area contributed by atoms with E-state index in [4.69, 9.17) is 15.6 Å². The highest BCUT2D eigenvalue weighted by Gasteiger charge is 2.21. The molecule has 2 atom stereocenters. The number of hydrogen-bond donors (Lipinski definition) is 3. The number of hydrogen-bond acceptors (Lipinski definition) is 4. The van der Waals surface area contributed by atoms with Gasteiger partial charge in [-0.25, -0.2) is 0 Å². The van der Waals surface area contributed by atoms with E-state index in [9.17, 15) is 4.79 Å². The maximum absolute atomic E-state index is 11.6. The normalized spacial score (nSPS) is 23.6. The molecule has 1 amide bonds. The van der Waals surface area contributed by atoms with E-state index in [0.717, 1.165) is 6.42 Å². The van der Waals surface area contributed by atoms with Crippen molar-refractivity contribution in [3.63, 3.8) is 0 Å². The van der Waals surface area contributed by atoms with Gasteiger partial charge in [0.25, 0.3) is 0 Å². The summed E-state index contributed by atoms with van der Waals surface area (Å²) in [6, 6.07) is 0.0173. The van der Waals surface area contributed by atoms with Crippen molar-refractivity contribution in [2.24, 2.45) is 11.7 Å². The molecule has 0 aromatic heterocycles. The molecule has 0 saturated heterocycles. The van der Waals surface area contributed by atoms with Crippen molar-refractivity contribution in [2.75, 3.05) is 26.4 Å². The van der Waals surface area contributed by atoms with E-state index in [1.165, 1.54) is 0 Å². The van der Waals surface area contributed by atoms with Gasteiger partial charge in [-0.15, -0.1) is 0 Å². The number of carbonyl (C=O) groups excluding carboxylic acids is 1. The van der Waals surface area contributed by atoms with Crippen LogP contribution in [-0.4, -0.2) is 43.4 Å². The first kappa shape index (κ1) is 13.2. The first-order valence-electron chi connectivity index (χ1n) is 5.64. The molecule has 5 nitrogen and oxygen atoms in total. The lowest BCUT2D eigenvalue weighted by atomic mass is 10.1. The summed E-state index contributed by atoms with van der Waals surface area (Å²) in [7, 11) is 0. The standard InChI is InChI=1S/C11H20N2O3/c12-10-3-2-9(8-10)11(15)13-4-1-6-16-7-5-14/h2-3,9-10,14H,1,4-8,12H2,(H,13,15). The van der Waals surface area contributed by atoms with E-state index in [1.54, 1.807) is 0 Å². The second-order valence-electron chi connectivity index (χ2n) is 3.87. The third-order valence-electron chi connectivity index (χ3n) is 2.45. The molecule has 16 heavy (non-hydrogen) atoms. The second-order valence-corrected chi connectivity index (χ2v) is 3.87. The smallest absolute Gasteiger partial charge is 0.226 e. The van der Waals surface area contributed by atoms with Crippen molar-refractivity contribution in [3.8, 4) is 0 Å². The average Bonchev–Trinajstić information content (AvgIpc) is 2.70. The van der Waals surface area contributed by atoms with Gasteiger partial charge in [0, 0.05) is 19.2 Å². The van der Waals surface area contributed by atoms with Crippen molar-refractivity contribution < 1.29 is 14.6 Å². The monoisotopic (exact) mass is 228 g/mol. The molecule has 92 valence electrons. The highest BCUT2D eigenvalue weighted by molar-refractivity contribution is 5.81. The molecule has 0 aromatic carbocycles. The van der Waals surface area contributed by atoms with Crippen molar-refractivity contribution in [1.82, 2.24) is 5.32 Å². The number of aliphatic hydroxyl groups is 1. The molecule has 0 radical (unpaired) electrons.